The first-order chi connectivity index (χ1) is 14.2. The number of imide groups is 1. The Hall–Kier alpha value is -3.26. The van der Waals surface area contributed by atoms with E-state index in [2.05, 4.69) is 10.6 Å². The Morgan fingerprint density at radius 1 is 1.10 bits per heavy atom. The predicted octanol–water partition coefficient (Wildman–Crippen LogP) is 1.97. The summed E-state index contributed by atoms with van der Waals surface area (Å²) in [7, 11) is 3.93. The first-order valence-electron chi connectivity index (χ1n) is 9.59. The summed E-state index contributed by atoms with van der Waals surface area (Å²) < 4.78 is 13.2. The number of urea groups is 1. The number of carbonyl (C=O) groups is 3. The van der Waals surface area contributed by atoms with Gasteiger partial charge in [0.25, 0.3) is 5.91 Å². The summed E-state index contributed by atoms with van der Waals surface area (Å²) in [4.78, 5) is 40.6. The topological polar surface area (TPSA) is 81.8 Å². The van der Waals surface area contributed by atoms with E-state index < -0.39 is 35.7 Å². The molecule has 7 nitrogen and oxygen atoms in total. The molecule has 1 saturated heterocycles. The Morgan fingerprint density at radius 2 is 1.73 bits per heavy atom. The van der Waals surface area contributed by atoms with E-state index in [-0.39, 0.29) is 0 Å². The van der Waals surface area contributed by atoms with Crippen LogP contribution in [-0.4, -0.2) is 48.3 Å². The third-order valence-electron chi connectivity index (χ3n) is 5.08. The van der Waals surface area contributed by atoms with Gasteiger partial charge in [0, 0.05) is 13.1 Å². The first kappa shape index (κ1) is 21.4. The van der Waals surface area contributed by atoms with Gasteiger partial charge in [-0.05, 0) is 49.8 Å². The molecule has 3 rings (SSSR count). The third-order valence-corrected chi connectivity index (χ3v) is 5.08. The number of carbonyl (C=O) groups excluding carboxylic acids is 3. The van der Waals surface area contributed by atoms with Crippen molar-refractivity contribution in [1.82, 2.24) is 20.4 Å². The number of halogens is 1. The maximum Gasteiger partial charge on any atom is 0.325 e. The average molecular weight is 412 g/mol. The largest absolute Gasteiger partial charge is 0.350 e. The highest BCUT2D eigenvalue weighted by molar-refractivity contribution is 6.09. The van der Waals surface area contributed by atoms with Gasteiger partial charge < -0.3 is 15.5 Å². The zero-order valence-electron chi connectivity index (χ0n) is 17.2. The molecule has 0 aliphatic carbocycles. The van der Waals surface area contributed by atoms with Crippen molar-refractivity contribution in [2.75, 3.05) is 20.6 Å². The lowest BCUT2D eigenvalue weighted by molar-refractivity contribution is -0.134. The van der Waals surface area contributed by atoms with Gasteiger partial charge in [-0.2, -0.15) is 0 Å². The van der Waals surface area contributed by atoms with E-state index in [0.29, 0.717) is 12.1 Å². The van der Waals surface area contributed by atoms with Crippen molar-refractivity contribution in [1.29, 1.82) is 0 Å². The van der Waals surface area contributed by atoms with Gasteiger partial charge >= 0.3 is 6.03 Å². The highest BCUT2D eigenvalue weighted by atomic mass is 19.1. The van der Waals surface area contributed by atoms with Crippen LogP contribution in [0.5, 0.6) is 0 Å². The maximum atomic E-state index is 13.2. The molecule has 2 aromatic rings. The number of hydrogen-bond donors (Lipinski definition) is 2. The molecular formula is C22H25FN4O3. The molecule has 8 heteroatoms. The standard InChI is InChI=1S/C22H25FN4O3/c1-22(17-8-10-18(23)11-9-17)20(29)27(21(30)25-22)14-19(28)24-12-15-6-4-5-7-16(15)13-26(2)3/h4-11H,12-14H2,1-3H3,(H,24,28)(H,25,30). The highest BCUT2D eigenvalue weighted by Crippen LogP contribution is 2.28. The van der Waals surface area contributed by atoms with Crippen molar-refractivity contribution in [3.05, 3.63) is 71.0 Å². The van der Waals surface area contributed by atoms with Crippen LogP contribution < -0.4 is 10.6 Å². The van der Waals surface area contributed by atoms with Gasteiger partial charge in [-0.3, -0.25) is 14.5 Å². The van der Waals surface area contributed by atoms with Crippen molar-refractivity contribution in [2.45, 2.75) is 25.6 Å². The Morgan fingerprint density at radius 3 is 2.37 bits per heavy atom. The molecule has 158 valence electrons. The van der Waals surface area contributed by atoms with Crippen LogP contribution in [0.4, 0.5) is 9.18 Å². The summed E-state index contributed by atoms with van der Waals surface area (Å²) >= 11 is 0. The molecular weight excluding hydrogens is 387 g/mol. The summed E-state index contributed by atoms with van der Waals surface area (Å²) in [6, 6.07) is 12.4. The lowest BCUT2D eigenvalue weighted by Gasteiger charge is -2.22. The molecule has 30 heavy (non-hydrogen) atoms. The zero-order chi connectivity index (χ0) is 21.9. The van der Waals surface area contributed by atoms with Gasteiger partial charge in [0.2, 0.25) is 5.91 Å². The molecule has 1 aliphatic heterocycles. The number of amides is 4. The SMILES string of the molecule is CN(C)Cc1ccccc1CNC(=O)CN1C(=O)NC(C)(c2ccc(F)cc2)C1=O. The number of nitrogens with one attached hydrogen (secondary N) is 2. The lowest BCUT2D eigenvalue weighted by Crippen LogP contribution is -2.43. The lowest BCUT2D eigenvalue weighted by atomic mass is 9.92. The van der Waals surface area contributed by atoms with Gasteiger partial charge in [-0.15, -0.1) is 0 Å². The van der Waals surface area contributed by atoms with Crippen molar-refractivity contribution in [3.8, 4) is 0 Å². The molecule has 1 unspecified atom stereocenters. The van der Waals surface area contributed by atoms with Gasteiger partial charge in [0.05, 0.1) is 0 Å². The van der Waals surface area contributed by atoms with E-state index in [1.165, 1.54) is 31.2 Å². The molecule has 0 saturated carbocycles. The second kappa shape index (κ2) is 8.62. The van der Waals surface area contributed by atoms with E-state index in [1.54, 1.807) is 0 Å². The molecule has 0 aromatic heterocycles. The molecule has 4 amide bonds. The van der Waals surface area contributed by atoms with E-state index in [0.717, 1.165) is 22.6 Å². The normalized spacial score (nSPS) is 18.6. The van der Waals surface area contributed by atoms with Crippen molar-refractivity contribution in [3.63, 3.8) is 0 Å². The van der Waals surface area contributed by atoms with E-state index in [9.17, 15) is 18.8 Å². The number of rotatable bonds is 7. The smallest absolute Gasteiger partial charge is 0.325 e. The van der Waals surface area contributed by atoms with Crippen LogP contribution >= 0.6 is 0 Å². The Bertz CT molecular complexity index is 961. The van der Waals surface area contributed by atoms with Crippen LogP contribution in [0.2, 0.25) is 0 Å². The molecule has 0 radical (unpaired) electrons. The number of hydrogen-bond acceptors (Lipinski definition) is 4. The minimum Gasteiger partial charge on any atom is -0.350 e. The van der Waals surface area contributed by atoms with Crippen molar-refractivity contribution in [2.24, 2.45) is 0 Å². The maximum absolute atomic E-state index is 13.2. The second-order valence-corrected chi connectivity index (χ2v) is 7.74. The van der Waals surface area contributed by atoms with Crippen LogP contribution in [0, 0.1) is 5.82 Å². The fourth-order valence-electron chi connectivity index (χ4n) is 3.44. The second-order valence-electron chi connectivity index (χ2n) is 7.74. The predicted molar refractivity (Wildman–Crippen MR) is 110 cm³/mol. The van der Waals surface area contributed by atoms with Crippen LogP contribution in [0.15, 0.2) is 48.5 Å². The summed E-state index contributed by atoms with van der Waals surface area (Å²) in [6.45, 7) is 2.17. The van der Waals surface area contributed by atoms with Crippen LogP contribution in [0.25, 0.3) is 0 Å². The van der Waals surface area contributed by atoms with E-state index in [1.807, 2.05) is 43.3 Å². The fraction of sp³-hybridized carbons (Fsp3) is 0.318. The quantitative estimate of drug-likeness (QED) is 0.682. The fourth-order valence-corrected chi connectivity index (χ4v) is 3.44. The van der Waals surface area contributed by atoms with Crippen LogP contribution in [0.3, 0.4) is 0 Å². The van der Waals surface area contributed by atoms with E-state index in [4.69, 9.17) is 0 Å². The van der Waals surface area contributed by atoms with E-state index >= 15 is 0 Å². The highest BCUT2D eigenvalue weighted by Gasteiger charge is 2.49. The molecule has 0 spiro atoms. The molecule has 2 N–H and O–H groups in total. The molecule has 2 aromatic carbocycles. The Kier molecular flexibility index (Phi) is 6.17. The summed E-state index contributed by atoms with van der Waals surface area (Å²) in [5.74, 6) is -1.44. The number of benzene rings is 2. The van der Waals surface area contributed by atoms with Gasteiger partial charge in [0.15, 0.2) is 0 Å². The van der Waals surface area contributed by atoms with Gasteiger partial charge in [-0.25, -0.2) is 9.18 Å². The number of nitrogens with zero attached hydrogens (tertiary/aromatic N) is 2. The third kappa shape index (κ3) is 4.49. The molecule has 1 heterocycles. The molecule has 1 fully saturated rings. The van der Waals surface area contributed by atoms with Crippen LogP contribution in [0.1, 0.15) is 23.6 Å². The average Bonchev–Trinajstić information content (AvgIpc) is 2.91. The molecule has 1 atom stereocenters. The molecule has 1 aliphatic rings. The van der Waals surface area contributed by atoms with Gasteiger partial charge in [-0.1, -0.05) is 36.4 Å². The zero-order valence-corrected chi connectivity index (χ0v) is 17.2. The Balaban J connectivity index is 1.65. The van der Waals surface area contributed by atoms with Gasteiger partial charge in [0.1, 0.15) is 17.9 Å². The first-order valence-corrected chi connectivity index (χ1v) is 9.59. The van der Waals surface area contributed by atoms with Crippen molar-refractivity contribution < 1.29 is 18.8 Å². The summed E-state index contributed by atoms with van der Waals surface area (Å²) in [5.41, 5.74) is 1.15. The summed E-state index contributed by atoms with van der Waals surface area (Å²) in [5, 5.41) is 5.38. The minimum atomic E-state index is -1.34. The minimum absolute atomic E-state index is 0.293. The summed E-state index contributed by atoms with van der Waals surface area (Å²) in [6.07, 6.45) is 0. The monoisotopic (exact) mass is 412 g/mol. The van der Waals surface area contributed by atoms with Crippen molar-refractivity contribution >= 4 is 17.8 Å². The Labute approximate surface area is 174 Å². The van der Waals surface area contributed by atoms with Crippen LogP contribution in [-0.2, 0) is 28.2 Å². The molecule has 0 bridgehead atoms.